The lowest BCUT2D eigenvalue weighted by Crippen LogP contribution is -2.43. The Morgan fingerprint density at radius 2 is 1.85 bits per heavy atom. The molecule has 0 aromatic heterocycles. The molecule has 2 N–H and O–H groups in total. The van der Waals surface area contributed by atoms with Gasteiger partial charge in [-0.2, -0.15) is 0 Å². The van der Waals surface area contributed by atoms with E-state index in [2.05, 4.69) is 5.32 Å². The van der Waals surface area contributed by atoms with Gasteiger partial charge < -0.3 is 15.2 Å². The Kier molecular flexibility index (Phi) is 6.97. The average molecular weight is 353 g/mol. The van der Waals surface area contributed by atoms with Crippen LogP contribution in [0.5, 0.6) is 5.75 Å². The number of hydrogen-bond acceptors (Lipinski definition) is 3. The van der Waals surface area contributed by atoms with E-state index in [-0.39, 0.29) is 5.92 Å². The number of rotatable bonds is 8. The number of carbonyl (C=O) groups is 2. The van der Waals surface area contributed by atoms with Crippen LogP contribution in [-0.2, 0) is 16.2 Å². The minimum absolute atomic E-state index is 0.195. The largest absolute Gasteiger partial charge is 0.489 e. The zero-order chi connectivity index (χ0) is 18.9. The minimum Gasteiger partial charge on any atom is -0.489 e. The molecule has 0 bridgehead atoms. The summed E-state index contributed by atoms with van der Waals surface area (Å²) in [7, 11) is 0. The first-order valence-corrected chi connectivity index (χ1v) is 8.44. The summed E-state index contributed by atoms with van der Waals surface area (Å²) in [5.41, 5.74) is 1.86. The summed E-state index contributed by atoms with van der Waals surface area (Å²) in [6.07, 6.45) is 2.96. The van der Waals surface area contributed by atoms with E-state index in [1.165, 1.54) is 6.08 Å². The molecule has 0 saturated carbocycles. The lowest BCUT2D eigenvalue weighted by Gasteiger charge is -2.16. The number of amides is 1. The highest BCUT2D eigenvalue weighted by Gasteiger charge is 2.22. The second kappa shape index (κ2) is 9.42. The Labute approximate surface area is 153 Å². The molecular formula is C21H23NO4. The monoisotopic (exact) mass is 353 g/mol. The molecule has 1 amide bonds. The van der Waals surface area contributed by atoms with Gasteiger partial charge in [0.05, 0.1) is 0 Å². The van der Waals surface area contributed by atoms with E-state index in [1.807, 2.05) is 54.6 Å². The number of hydrogen-bond donors (Lipinski definition) is 2. The molecule has 5 heteroatoms. The average Bonchev–Trinajstić information content (AvgIpc) is 2.63. The maximum atomic E-state index is 11.9. The molecule has 2 rings (SSSR count). The van der Waals surface area contributed by atoms with Crippen LogP contribution in [0, 0.1) is 5.92 Å². The Bertz CT molecular complexity index is 769. The molecule has 136 valence electrons. The summed E-state index contributed by atoms with van der Waals surface area (Å²) in [4.78, 5) is 23.1. The van der Waals surface area contributed by atoms with E-state index in [0.717, 1.165) is 11.1 Å². The molecule has 0 fully saturated rings. The quantitative estimate of drug-likeness (QED) is 0.712. The Morgan fingerprint density at radius 3 is 2.50 bits per heavy atom. The molecule has 26 heavy (non-hydrogen) atoms. The summed E-state index contributed by atoms with van der Waals surface area (Å²) in [6, 6.07) is 16.3. The molecule has 0 aliphatic carbocycles. The normalized spacial score (nSPS) is 12.1. The summed E-state index contributed by atoms with van der Waals surface area (Å²) in [6.45, 7) is 3.95. The van der Waals surface area contributed by atoms with Crippen LogP contribution in [0.3, 0.4) is 0 Å². The Morgan fingerprint density at radius 1 is 1.12 bits per heavy atom. The molecule has 0 unspecified atom stereocenters. The summed E-state index contributed by atoms with van der Waals surface area (Å²) in [5.74, 6) is -0.985. The third kappa shape index (κ3) is 6.09. The van der Waals surface area contributed by atoms with Gasteiger partial charge in [0.2, 0.25) is 5.91 Å². The van der Waals surface area contributed by atoms with Crippen LogP contribution in [0.25, 0.3) is 6.08 Å². The first-order chi connectivity index (χ1) is 12.5. The van der Waals surface area contributed by atoms with Crippen molar-refractivity contribution in [2.75, 3.05) is 0 Å². The number of nitrogens with one attached hydrogen (secondary N) is 1. The predicted molar refractivity (Wildman–Crippen MR) is 101 cm³/mol. The fraction of sp³-hybridized carbons (Fsp3) is 0.238. The van der Waals surface area contributed by atoms with Crippen LogP contribution in [0.4, 0.5) is 0 Å². The van der Waals surface area contributed by atoms with Crippen molar-refractivity contribution in [1.82, 2.24) is 5.32 Å². The highest BCUT2D eigenvalue weighted by Crippen LogP contribution is 2.16. The van der Waals surface area contributed by atoms with Crippen molar-refractivity contribution in [2.45, 2.75) is 26.5 Å². The highest BCUT2D eigenvalue weighted by atomic mass is 16.5. The molecule has 0 saturated heterocycles. The van der Waals surface area contributed by atoms with Crippen LogP contribution in [0.1, 0.15) is 25.0 Å². The molecule has 0 aliphatic heterocycles. The zero-order valence-corrected chi connectivity index (χ0v) is 14.9. The van der Waals surface area contributed by atoms with Crippen LogP contribution in [0.2, 0.25) is 0 Å². The zero-order valence-electron chi connectivity index (χ0n) is 14.9. The van der Waals surface area contributed by atoms with Crippen molar-refractivity contribution in [3.63, 3.8) is 0 Å². The molecule has 0 aliphatic rings. The fourth-order valence-corrected chi connectivity index (χ4v) is 2.34. The van der Waals surface area contributed by atoms with Gasteiger partial charge in [0.15, 0.2) is 0 Å². The van der Waals surface area contributed by atoms with Gasteiger partial charge in [0.25, 0.3) is 0 Å². The SMILES string of the molecule is CC(C)[C@H](NC(=O)/C=C/c1cccc(OCc2ccccc2)c1)C(=O)O. The molecule has 0 heterocycles. The highest BCUT2D eigenvalue weighted by molar-refractivity contribution is 5.94. The van der Waals surface area contributed by atoms with Crippen molar-refractivity contribution in [3.8, 4) is 5.75 Å². The van der Waals surface area contributed by atoms with Crippen molar-refractivity contribution in [3.05, 3.63) is 71.8 Å². The van der Waals surface area contributed by atoms with Crippen molar-refractivity contribution >= 4 is 18.0 Å². The summed E-state index contributed by atoms with van der Waals surface area (Å²) < 4.78 is 5.75. The van der Waals surface area contributed by atoms with Crippen molar-refractivity contribution < 1.29 is 19.4 Å². The minimum atomic E-state index is -1.04. The Balaban J connectivity index is 1.95. The topological polar surface area (TPSA) is 75.6 Å². The third-order valence-corrected chi connectivity index (χ3v) is 3.76. The lowest BCUT2D eigenvalue weighted by molar-refractivity contribution is -0.142. The van der Waals surface area contributed by atoms with Crippen LogP contribution < -0.4 is 10.1 Å². The fourth-order valence-electron chi connectivity index (χ4n) is 2.34. The first kappa shape index (κ1) is 19.2. The second-order valence-electron chi connectivity index (χ2n) is 6.25. The predicted octanol–water partition coefficient (Wildman–Crippen LogP) is 3.50. The van der Waals surface area contributed by atoms with Gasteiger partial charge >= 0.3 is 5.97 Å². The molecule has 0 radical (unpaired) electrons. The van der Waals surface area contributed by atoms with Gasteiger partial charge in [0.1, 0.15) is 18.4 Å². The van der Waals surface area contributed by atoms with Gasteiger partial charge in [-0.3, -0.25) is 4.79 Å². The van der Waals surface area contributed by atoms with Crippen LogP contribution >= 0.6 is 0 Å². The molecular weight excluding hydrogens is 330 g/mol. The van der Waals surface area contributed by atoms with Crippen LogP contribution in [-0.4, -0.2) is 23.0 Å². The van der Waals surface area contributed by atoms with Gasteiger partial charge in [-0.1, -0.05) is 56.3 Å². The van der Waals surface area contributed by atoms with Gasteiger partial charge in [-0.25, -0.2) is 4.79 Å². The number of carboxylic acid groups (broad SMARTS) is 1. The number of ether oxygens (including phenoxy) is 1. The number of benzene rings is 2. The van der Waals surface area contributed by atoms with E-state index < -0.39 is 17.9 Å². The molecule has 2 aromatic rings. The van der Waals surface area contributed by atoms with Gasteiger partial charge in [-0.05, 0) is 35.3 Å². The van der Waals surface area contributed by atoms with Crippen LogP contribution in [0.15, 0.2) is 60.7 Å². The number of carbonyl (C=O) groups excluding carboxylic acids is 1. The molecule has 5 nitrogen and oxygen atoms in total. The maximum Gasteiger partial charge on any atom is 0.326 e. The third-order valence-electron chi connectivity index (χ3n) is 3.76. The van der Waals surface area contributed by atoms with E-state index in [1.54, 1.807) is 19.9 Å². The first-order valence-electron chi connectivity index (χ1n) is 8.44. The van der Waals surface area contributed by atoms with Crippen molar-refractivity contribution in [1.29, 1.82) is 0 Å². The summed E-state index contributed by atoms with van der Waals surface area (Å²) in [5, 5.41) is 11.6. The second-order valence-corrected chi connectivity index (χ2v) is 6.25. The summed E-state index contributed by atoms with van der Waals surface area (Å²) >= 11 is 0. The van der Waals surface area contributed by atoms with E-state index >= 15 is 0 Å². The number of carboxylic acids is 1. The molecule has 1 atom stereocenters. The molecule has 0 spiro atoms. The smallest absolute Gasteiger partial charge is 0.326 e. The standard InChI is InChI=1S/C21H23NO4/c1-15(2)20(21(24)25)22-19(23)12-11-16-9-6-10-18(13-16)26-14-17-7-4-3-5-8-17/h3-13,15,20H,14H2,1-2H3,(H,22,23)(H,24,25)/b12-11+/t20-/m0/s1. The van der Waals surface area contributed by atoms with E-state index in [0.29, 0.717) is 12.4 Å². The lowest BCUT2D eigenvalue weighted by atomic mass is 10.0. The van der Waals surface area contributed by atoms with Gasteiger partial charge in [0, 0.05) is 6.08 Å². The van der Waals surface area contributed by atoms with Gasteiger partial charge in [-0.15, -0.1) is 0 Å². The molecule has 2 aromatic carbocycles. The number of aliphatic carboxylic acids is 1. The van der Waals surface area contributed by atoms with Crippen molar-refractivity contribution in [2.24, 2.45) is 5.92 Å². The Hall–Kier alpha value is -3.08. The van der Waals surface area contributed by atoms with E-state index in [9.17, 15) is 9.59 Å². The maximum absolute atomic E-state index is 11.9. The van der Waals surface area contributed by atoms with E-state index in [4.69, 9.17) is 9.84 Å².